The molecule has 30 heavy (non-hydrogen) atoms. The predicted octanol–water partition coefficient (Wildman–Crippen LogP) is 4.64. The minimum absolute atomic E-state index is 0.901. The number of pyridine rings is 1. The highest BCUT2D eigenvalue weighted by atomic mass is 15.3. The summed E-state index contributed by atoms with van der Waals surface area (Å²) in [4.78, 5) is 9.16. The highest BCUT2D eigenvalue weighted by Gasteiger charge is 2.22. The maximum absolute atomic E-state index is 4.70. The third-order valence-corrected chi connectivity index (χ3v) is 6.00. The Bertz CT molecular complexity index is 1180. The summed E-state index contributed by atoms with van der Waals surface area (Å²) in [5.41, 5.74) is 4.63. The lowest BCUT2D eigenvalue weighted by atomic mass is 10.0. The smallest absolute Gasteiger partial charge is 0.159 e. The van der Waals surface area contributed by atoms with Gasteiger partial charge in [0.05, 0.1) is 0 Å². The molecular formula is C25H25N5. The van der Waals surface area contributed by atoms with Crippen LogP contribution in [0.25, 0.3) is 22.0 Å². The van der Waals surface area contributed by atoms with Crippen molar-refractivity contribution < 1.29 is 0 Å². The molecular weight excluding hydrogens is 370 g/mol. The highest BCUT2D eigenvalue weighted by Crippen LogP contribution is 2.32. The predicted molar refractivity (Wildman–Crippen MR) is 123 cm³/mol. The summed E-state index contributed by atoms with van der Waals surface area (Å²) in [5, 5.41) is 11.7. The molecule has 2 aromatic heterocycles. The van der Waals surface area contributed by atoms with Gasteiger partial charge >= 0.3 is 0 Å². The standard InChI is InChI=1S/C25H25N5/c1-18-10-11-20(17-19(18)2)24-21-7-3-4-8-22(21)25(28-27-24)30-15-13-29(14-16-30)23-9-5-6-12-26-23/h3-12,17H,13-16H2,1-2H3. The normalized spacial score (nSPS) is 14.3. The summed E-state index contributed by atoms with van der Waals surface area (Å²) >= 11 is 0. The molecule has 0 N–H and O–H groups in total. The minimum Gasteiger partial charge on any atom is -0.353 e. The number of hydrogen-bond donors (Lipinski definition) is 0. The van der Waals surface area contributed by atoms with Gasteiger partial charge in [-0.2, -0.15) is 0 Å². The van der Waals surface area contributed by atoms with E-state index in [4.69, 9.17) is 5.10 Å². The van der Waals surface area contributed by atoms with Crippen LogP contribution in [0.3, 0.4) is 0 Å². The number of hydrogen-bond acceptors (Lipinski definition) is 5. The van der Waals surface area contributed by atoms with Crippen molar-refractivity contribution in [3.63, 3.8) is 0 Å². The van der Waals surface area contributed by atoms with E-state index in [1.165, 1.54) is 11.1 Å². The van der Waals surface area contributed by atoms with Crippen LogP contribution in [0.1, 0.15) is 11.1 Å². The van der Waals surface area contributed by atoms with Crippen LogP contribution in [0.15, 0.2) is 66.9 Å². The molecule has 0 amide bonds. The lowest BCUT2D eigenvalue weighted by Gasteiger charge is -2.36. The minimum atomic E-state index is 0.901. The van der Waals surface area contributed by atoms with Gasteiger partial charge in [0.25, 0.3) is 0 Å². The first-order valence-corrected chi connectivity index (χ1v) is 10.4. The Morgan fingerprint density at radius 3 is 2.17 bits per heavy atom. The van der Waals surface area contributed by atoms with Gasteiger partial charge in [0.2, 0.25) is 0 Å². The second-order valence-electron chi connectivity index (χ2n) is 7.88. The summed E-state index contributed by atoms with van der Waals surface area (Å²) in [6.45, 7) is 7.93. The molecule has 1 saturated heterocycles. The molecule has 3 heterocycles. The molecule has 1 aliphatic heterocycles. The monoisotopic (exact) mass is 395 g/mol. The van der Waals surface area contributed by atoms with Gasteiger partial charge in [-0.15, -0.1) is 10.2 Å². The number of rotatable bonds is 3. The van der Waals surface area contributed by atoms with Crippen molar-refractivity contribution in [1.29, 1.82) is 0 Å². The first kappa shape index (κ1) is 18.6. The molecule has 0 bridgehead atoms. The average molecular weight is 396 g/mol. The summed E-state index contributed by atoms with van der Waals surface area (Å²) in [5.74, 6) is 2.01. The van der Waals surface area contributed by atoms with Gasteiger partial charge in [0, 0.05) is 48.7 Å². The second kappa shape index (κ2) is 7.75. The fourth-order valence-electron chi connectivity index (χ4n) is 4.11. The van der Waals surface area contributed by atoms with Crippen molar-refractivity contribution >= 4 is 22.4 Å². The number of aromatic nitrogens is 3. The Balaban J connectivity index is 1.47. The van der Waals surface area contributed by atoms with E-state index >= 15 is 0 Å². The van der Waals surface area contributed by atoms with Gasteiger partial charge in [-0.3, -0.25) is 0 Å². The zero-order chi connectivity index (χ0) is 20.5. The van der Waals surface area contributed by atoms with Crippen LogP contribution >= 0.6 is 0 Å². The summed E-state index contributed by atoms with van der Waals surface area (Å²) < 4.78 is 0. The number of benzene rings is 2. The molecule has 5 rings (SSSR count). The van der Waals surface area contributed by atoms with Crippen LogP contribution in [0.4, 0.5) is 11.6 Å². The number of anilines is 2. The molecule has 4 aromatic rings. The maximum Gasteiger partial charge on any atom is 0.159 e. The summed E-state index contributed by atoms with van der Waals surface area (Å²) in [7, 11) is 0. The molecule has 5 heteroatoms. The fraction of sp³-hybridized carbons (Fsp3) is 0.240. The topological polar surface area (TPSA) is 45.2 Å². The molecule has 0 aliphatic carbocycles. The Morgan fingerprint density at radius 2 is 1.43 bits per heavy atom. The fourth-order valence-corrected chi connectivity index (χ4v) is 4.11. The first-order valence-electron chi connectivity index (χ1n) is 10.4. The van der Waals surface area contributed by atoms with E-state index in [-0.39, 0.29) is 0 Å². The van der Waals surface area contributed by atoms with E-state index in [2.05, 4.69) is 82.3 Å². The first-order chi connectivity index (χ1) is 14.7. The third kappa shape index (κ3) is 3.36. The van der Waals surface area contributed by atoms with Crippen LogP contribution in [-0.2, 0) is 0 Å². The molecule has 1 aliphatic rings. The van der Waals surface area contributed by atoms with E-state index < -0.39 is 0 Å². The summed E-state index contributed by atoms with van der Waals surface area (Å²) in [6.07, 6.45) is 1.85. The van der Waals surface area contributed by atoms with Crippen molar-refractivity contribution in [2.75, 3.05) is 36.0 Å². The number of aryl methyl sites for hydroxylation is 2. The van der Waals surface area contributed by atoms with Crippen molar-refractivity contribution in [3.8, 4) is 11.3 Å². The molecule has 0 spiro atoms. The molecule has 2 aromatic carbocycles. The van der Waals surface area contributed by atoms with Crippen LogP contribution in [-0.4, -0.2) is 41.4 Å². The van der Waals surface area contributed by atoms with Crippen molar-refractivity contribution in [2.45, 2.75) is 13.8 Å². The van der Waals surface area contributed by atoms with Crippen LogP contribution in [0.5, 0.6) is 0 Å². The number of fused-ring (bicyclic) bond motifs is 1. The van der Waals surface area contributed by atoms with Crippen molar-refractivity contribution in [1.82, 2.24) is 15.2 Å². The highest BCUT2D eigenvalue weighted by molar-refractivity contribution is 6.00. The lowest BCUT2D eigenvalue weighted by molar-refractivity contribution is 0.640. The van der Waals surface area contributed by atoms with Crippen LogP contribution in [0.2, 0.25) is 0 Å². The molecule has 5 nitrogen and oxygen atoms in total. The molecule has 1 fully saturated rings. The molecule has 150 valence electrons. The third-order valence-electron chi connectivity index (χ3n) is 6.00. The molecule has 0 unspecified atom stereocenters. The quantitative estimate of drug-likeness (QED) is 0.506. The van der Waals surface area contributed by atoms with E-state index in [9.17, 15) is 0 Å². The zero-order valence-corrected chi connectivity index (χ0v) is 17.4. The Morgan fingerprint density at radius 1 is 0.700 bits per heavy atom. The van der Waals surface area contributed by atoms with Crippen LogP contribution in [0, 0.1) is 13.8 Å². The van der Waals surface area contributed by atoms with Gasteiger partial charge in [0.1, 0.15) is 11.5 Å². The van der Waals surface area contributed by atoms with Gasteiger partial charge in [-0.05, 0) is 43.2 Å². The molecule has 0 radical (unpaired) electrons. The van der Waals surface area contributed by atoms with Gasteiger partial charge in [-0.25, -0.2) is 4.98 Å². The Hall–Kier alpha value is -3.47. The summed E-state index contributed by atoms with van der Waals surface area (Å²) in [6, 6.07) is 21.1. The lowest BCUT2D eigenvalue weighted by Crippen LogP contribution is -2.47. The van der Waals surface area contributed by atoms with Crippen molar-refractivity contribution in [2.24, 2.45) is 0 Å². The van der Waals surface area contributed by atoms with Gasteiger partial charge in [-0.1, -0.05) is 42.5 Å². The maximum atomic E-state index is 4.70. The van der Waals surface area contributed by atoms with Crippen LogP contribution < -0.4 is 9.80 Å². The van der Waals surface area contributed by atoms with Crippen molar-refractivity contribution in [3.05, 3.63) is 78.0 Å². The molecule has 0 saturated carbocycles. The average Bonchev–Trinajstić information content (AvgIpc) is 2.81. The van der Waals surface area contributed by atoms with E-state index in [0.717, 1.165) is 59.8 Å². The van der Waals surface area contributed by atoms with Gasteiger partial charge in [0.15, 0.2) is 5.82 Å². The zero-order valence-electron chi connectivity index (χ0n) is 17.4. The Kier molecular flexibility index (Phi) is 4.79. The Labute approximate surface area is 177 Å². The number of nitrogens with zero attached hydrogens (tertiary/aromatic N) is 5. The van der Waals surface area contributed by atoms with Gasteiger partial charge < -0.3 is 9.80 Å². The van der Waals surface area contributed by atoms with E-state index in [0.29, 0.717) is 0 Å². The molecule has 0 atom stereocenters. The largest absolute Gasteiger partial charge is 0.353 e. The van der Waals surface area contributed by atoms with E-state index in [1.54, 1.807) is 0 Å². The number of piperazine rings is 1. The van der Waals surface area contributed by atoms with E-state index in [1.807, 2.05) is 18.3 Å². The SMILES string of the molecule is Cc1ccc(-c2nnc(N3CCN(c4ccccn4)CC3)c3ccccc23)cc1C. The second-order valence-corrected chi connectivity index (χ2v) is 7.88.